The molecule has 0 aliphatic rings. The van der Waals surface area contributed by atoms with Crippen LogP contribution >= 0.6 is 34.7 Å². The zero-order chi connectivity index (χ0) is 23.6. The first-order chi connectivity index (χ1) is 15.7. The van der Waals surface area contributed by atoms with Crippen molar-refractivity contribution in [3.8, 4) is 0 Å². The number of carbonyl (C=O) groups is 1. The van der Waals surface area contributed by atoms with Crippen LogP contribution in [0, 0.1) is 6.92 Å². The van der Waals surface area contributed by atoms with Gasteiger partial charge in [-0.1, -0.05) is 47.0 Å². The summed E-state index contributed by atoms with van der Waals surface area (Å²) in [6.07, 6.45) is 1.71. The smallest absolute Gasteiger partial charge is 0.243 e. The van der Waals surface area contributed by atoms with Gasteiger partial charge in [0, 0.05) is 33.9 Å². The van der Waals surface area contributed by atoms with E-state index in [0.717, 1.165) is 20.0 Å². The van der Waals surface area contributed by atoms with Crippen molar-refractivity contribution in [1.29, 1.82) is 0 Å². The van der Waals surface area contributed by atoms with Gasteiger partial charge in [0.1, 0.15) is 0 Å². The number of hydrogen-bond donors (Lipinski definition) is 1. The van der Waals surface area contributed by atoms with Crippen molar-refractivity contribution >= 4 is 66.4 Å². The SMILES string of the molecule is Cc1ccc(S(=O)(=O)N(CC(=O)Nc2ccc3sncc3c2)Cc2ccc(Cl)cc2Cl)cc1. The van der Waals surface area contributed by atoms with Crippen molar-refractivity contribution in [2.24, 2.45) is 0 Å². The van der Waals surface area contributed by atoms with Crippen molar-refractivity contribution < 1.29 is 13.2 Å². The number of aromatic nitrogens is 1. The first-order valence-electron chi connectivity index (χ1n) is 9.87. The van der Waals surface area contributed by atoms with Gasteiger partial charge in [0.15, 0.2) is 0 Å². The predicted octanol–water partition coefficient (Wildman–Crippen LogP) is 5.74. The normalized spacial score (nSPS) is 11.8. The van der Waals surface area contributed by atoms with E-state index in [1.807, 2.05) is 13.0 Å². The van der Waals surface area contributed by atoms with Crippen molar-refractivity contribution in [2.75, 3.05) is 11.9 Å². The first kappa shape index (κ1) is 23.7. The van der Waals surface area contributed by atoms with Gasteiger partial charge >= 0.3 is 0 Å². The lowest BCUT2D eigenvalue weighted by molar-refractivity contribution is -0.116. The topological polar surface area (TPSA) is 79.4 Å². The molecule has 1 amide bonds. The molecular formula is C23H19Cl2N3O3S2. The Morgan fingerprint density at radius 1 is 1.06 bits per heavy atom. The predicted molar refractivity (Wildman–Crippen MR) is 133 cm³/mol. The van der Waals surface area contributed by atoms with Crippen LogP contribution in [0.5, 0.6) is 0 Å². The summed E-state index contributed by atoms with van der Waals surface area (Å²) in [5.41, 5.74) is 2.03. The Labute approximate surface area is 206 Å². The second-order valence-corrected chi connectivity index (χ2v) is 11.1. The second-order valence-electron chi connectivity index (χ2n) is 7.45. The number of benzene rings is 3. The number of halogens is 2. The summed E-state index contributed by atoms with van der Waals surface area (Å²) in [6.45, 7) is 1.39. The molecule has 1 heterocycles. The lowest BCUT2D eigenvalue weighted by Crippen LogP contribution is -2.37. The van der Waals surface area contributed by atoms with Gasteiger partial charge in [-0.2, -0.15) is 8.68 Å². The Hall–Kier alpha value is -2.49. The van der Waals surface area contributed by atoms with Crippen molar-refractivity contribution in [1.82, 2.24) is 8.68 Å². The van der Waals surface area contributed by atoms with Gasteiger partial charge in [-0.3, -0.25) is 4.79 Å². The van der Waals surface area contributed by atoms with Gasteiger partial charge in [0.25, 0.3) is 0 Å². The Kier molecular flexibility index (Phi) is 7.02. The lowest BCUT2D eigenvalue weighted by atomic mass is 10.2. The second kappa shape index (κ2) is 9.79. The van der Waals surface area contributed by atoms with Crippen LogP contribution in [0.4, 0.5) is 5.69 Å². The molecule has 0 spiro atoms. The first-order valence-corrected chi connectivity index (χ1v) is 12.8. The van der Waals surface area contributed by atoms with Crippen LogP contribution in [0.15, 0.2) is 71.8 Å². The Morgan fingerprint density at radius 2 is 1.82 bits per heavy atom. The fraction of sp³-hybridized carbons (Fsp3) is 0.130. The molecule has 0 unspecified atom stereocenters. The van der Waals surface area contributed by atoms with Gasteiger partial charge in [-0.25, -0.2) is 8.42 Å². The minimum absolute atomic E-state index is 0.0902. The molecule has 1 aromatic heterocycles. The molecule has 0 saturated heterocycles. The molecule has 0 aliphatic heterocycles. The van der Waals surface area contributed by atoms with Gasteiger partial charge in [0.2, 0.25) is 15.9 Å². The summed E-state index contributed by atoms with van der Waals surface area (Å²) in [7, 11) is -3.98. The van der Waals surface area contributed by atoms with E-state index < -0.39 is 22.5 Å². The number of fused-ring (bicyclic) bond motifs is 1. The monoisotopic (exact) mass is 519 g/mol. The molecule has 1 N–H and O–H groups in total. The summed E-state index contributed by atoms with van der Waals surface area (Å²) in [5.74, 6) is -0.474. The Bertz CT molecular complexity index is 1420. The molecule has 4 rings (SSSR count). The average molecular weight is 520 g/mol. The molecular weight excluding hydrogens is 501 g/mol. The van der Waals surface area contributed by atoms with Crippen molar-refractivity contribution in [3.05, 3.63) is 88.0 Å². The maximum absolute atomic E-state index is 13.4. The fourth-order valence-electron chi connectivity index (χ4n) is 3.24. The summed E-state index contributed by atoms with van der Waals surface area (Å²) >= 11 is 13.6. The Balaban J connectivity index is 1.62. The number of hydrogen-bond acceptors (Lipinski definition) is 5. The summed E-state index contributed by atoms with van der Waals surface area (Å²) < 4.78 is 33.1. The Morgan fingerprint density at radius 3 is 2.55 bits per heavy atom. The molecule has 4 aromatic rings. The van der Waals surface area contributed by atoms with E-state index in [1.54, 1.807) is 48.7 Å². The third-order valence-electron chi connectivity index (χ3n) is 4.98. The van der Waals surface area contributed by atoms with Crippen LogP contribution in [0.2, 0.25) is 10.0 Å². The van der Waals surface area contributed by atoms with Crippen LogP contribution in [0.3, 0.4) is 0 Å². The van der Waals surface area contributed by atoms with Crippen LogP contribution in [-0.2, 0) is 21.4 Å². The molecule has 0 bridgehead atoms. The summed E-state index contributed by atoms with van der Waals surface area (Å²) in [6, 6.07) is 16.7. The molecule has 3 aromatic carbocycles. The quantitative estimate of drug-likeness (QED) is 0.337. The van der Waals surface area contributed by atoms with Gasteiger partial charge in [0.05, 0.1) is 16.1 Å². The molecule has 0 aliphatic carbocycles. The largest absolute Gasteiger partial charge is 0.325 e. The zero-order valence-corrected chi connectivity index (χ0v) is 20.6. The number of amides is 1. The number of nitrogens with zero attached hydrogens (tertiary/aromatic N) is 2. The minimum Gasteiger partial charge on any atom is -0.325 e. The van der Waals surface area contributed by atoms with Crippen molar-refractivity contribution in [2.45, 2.75) is 18.4 Å². The number of carbonyl (C=O) groups excluding carboxylic acids is 1. The van der Waals surface area contributed by atoms with Crippen LogP contribution < -0.4 is 5.32 Å². The minimum atomic E-state index is -3.98. The van der Waals surface area contributed by atoms with E-state index >= 15 is 0 Å². The van der Waals surface area contributed by atoms with Gasteiger partial charge in [-0.15, -0.1) is 0 Å². The fourth-order valence-corrected chi connectivity index (χ4v) is 5.70. The van der Waals surface area contributed by atoms with E-state index in [2.05, 4.69) is 9.69 Å². The molecule has 0 atom stereocenters. The maximum atomic E-state index is 13.4. The number of rotatable bonds is 7. The standard InChI is InChI=1S/C23H19Cl2N3O3S2/c1-15-2-7-20(8-3-15)33(30,31)28(13-16-4-5-18(24)11-21(16)25)14-23(29)27-19-6-9-22-17(10-19)12-26-32-22/h2-12H,13-14H2,1H3,(H,27,29). The highest BCUT2D eigenvalue weighted by atomic mass is 35.5. The van der Waals surface area contributed by atoms with Crippen LogP contribution in [-0.4, -0.2) is 29.5 Å². The van der Waals surface area contributed by atoms with E-state index in [4.69, 9.17) is 23.2 Å². The van der Waals surface area contributed by atoms with E-state index in [-0.39, 0.29) is 11.4 Å². The average Bonchev–Trinajstić information content (AvgIpc) is 3.23. The highest BCUT2D eigenvalue weighted by molar-refractivity contribution is 7.89. The summed E-state index contributed by atoms with van der Waals surface area (Å²) in [4.78, 5) is 13.0. The molecule has 0 saturated carbocycles. The molecule has 0 radical (unpaired) electrons. The number of nitrogens with one attached hydrogen (secondary N) is 1. The molecule has 6 nitrogen and oxygen atoms in total. The molecule has 33 heavy (non-hydrogen) atoms. The lowest BCUT2D eigenvalue weighted by Gasteiger charge is -2.22. The number of anilines is 1. The molecule has 170 valence electrons. The third-order valence-corrected chi connectivity index (χ3v) is 8.15. The van der Waals surface area contributed by atoms with Crippen LogP contribution in [0.1, 0.15) is 11.1 Å². The van der Waals surface area contributed by atoms with Crippen molar-refractivity contribution in [3.63, 3.8) is 0 Å². The highest BCUT2D eigenvalue weighted by Gasteiger charge is 2.27. The molecule has 10 heteroatoms. The molecule has 0 fully saturated rings. The third kappa shape index (κ3) is 5.54. The number of sulfonamides is 1. The zero-order valence-electron chi connectivity index (χ0n) is 17.5. The van der Waals surface area contributed by atoms with Crippen LogP contribution in [0.25, 0.3) is 10.1 Å². The van der Waals surface area contributed by atoms with E-state index in [0.29, 0.717) is 21.3 Å². The number of aryl methyl sites for hydroxylation is 1. The summed E-state index contributed by atoms with van der Waals surface area (Å²) in [5, 5.41) is 4.43. The van der Waals surface area contributed by atoms with Gasteiger partial charge < -0.3 is 5.32 Å². The highest BCUT2D eigenvalue weighted by Crippen LogP contribution is 2.26. The van der Waals surface area contributed by atoms with E-state index in [1.165, 1.54) is 23.7 Å². The van der Waals surface area contributed by atoms with Gasteiger partial charge in [-0.05, 0) is 66.5 Å². The maximum Gasteiger partial charge on any atom is 0.243 e. The van der Waals surface area contributed by atoms with E-state index in [9.17, 15) is 13.2 Å².